The largest absolute Gasteiger partial charge is 0.472 e. The molecule has 0 amide bonds. The lowest BCUT2D eigenvalue weighted by molar-refractivity contribution is -0.161. The van der Waals surface area contributed by atoms with Gasteiger partial charge in [-0.05, 0) is 57.8 Å². The summed E-state index contributed by atoms with van der Waals surface area (Å²) in [6.07, 6.45) is 46.4. The summed E-state index contributed by atoms with van der Waals surface area (Å²) < 4.78 is 32.7. The Morgan fingerprint density at radius 1 is 0.517 bits per heavy atom. The third-order valence-corrected chi connectivity index (χ3v) is 10.7. The molecule has 0 radical (unpaired) electrons. The second kappa shape index (κ2) is 43.0. The summed E-state index contributed by atoms with van der Waals surface area (Å²) in [6.45, 7) is 2.34. The predicted molar refractivity (Wildman–Crippen MR) is 237 cm³/mol. The van der Waals surface area contributed by atoms with Crippen molar-refractivity contribution in [3.8, 4) is 0 Å². The first-order chi connectivity index (χ1) is 28.2. The Kier molecular flexibility index (Phi) is 41.5. The van der Waals surface area contributed by atoms with Gasteiger partial charge in [-0.1, -0.05) is 178 Å². The summed E-state index contributed by atoms with van der Waals surface area (Å²) in [5.41, 5.74) is 0. The number of allylic oxidation sites excluding steroid dienone is 8. The third kappa shape index (κ3) is 42.1. The highest BCUT2D eigenvalue weighted by Gasteiger charge is 2.27. The van der Waals surface area contributed by atoms with E-state index < -0.39 is 51.8 Å². The molecule has 0 aliphatic heterocycles. The van der Waals surface area contributed by atoms with Crippen molar-refractivity contribution in [3.05, 3.63) is 48.6 Å². The fourth-order valence-electron chi connectivity index (χ4n) is 6.15. The molecule has 0 saturated heterocycles. The van der Waals surface area contributed by atoms with E-state index in [1.807, 2.05) is 0 Å². The minimum Gasteiger partial charge on any atom is -0.462 e. The third-order valence-electron chi connectivity index (χ3n) is 9.74. The van der Waals surface area contributed by atoms with Crippen LogP contribution in [-0.2, 0) is 32.7 Å². The first-order valence-corrected chi connectivity index (χ1v) is 24.6. The molecular weight excluding hydrogens is 755 g/mol. The Morgan fingerprint density at radius 3 is 1.38 bits per heavy atom. The van der Waals surface area contributed by atoms with E-state index in [4.69, 9.17) is 23.6 Å². The number of esters is 2. The number of rotatable bonds is 43. The average Bonchev–Trinajstić information content (AvgIpc) is 3.21. The Labute approximate surface area is 353 Å². The number of ether oxygens (including phenoxy) is 2. The zero-order valence-corrected chi connectivity index (χ0v) is 37.6. The first-order valence-electron chi connectivity index (χ1n) is 23.1. The summed E-state index contributed by atoms with van der Waals surface area (Å²) in [7, 11) is -4.62. The molecule has 11 heteroatoms. The normalized spacial score (nSPS) is 14.2. The summed E-state index contributed by atoms with van der Waals surface area (Å²) in [4.78, 5) is 35.0. The maximum Gasteiger partial charge on any atom is 0.472 e. The van der Waals surface area contributed by atoms with Crippen molar-refractivity contribution in [3.63, 3.8) is 0 Å². The molecule has 0 aromatic rings. The maximum atomic E-state index is 12.6. The van der Waals surface area contributed by atoms with E-state index >= 15 is 0 Å². The van der Waals surface area contributed by atoms with Crippen molar-refractivity contribution >= 4 is 19.8 Å². The lowest BCUT2D eigenvalue weighted by atomic mass is 10.0. The van der Waals surface area contributed by atoms with E-state index in [9.17, 15) is 24.2 Å². The molecule has 338 valence electrons. The summed E-state index contributed by atoms with van der Waals surface area (Å²) in [6, 6.07) is 0. The molecule has 0 aromatic carbocycles. The van der Waals surface area contributed by atoms with Gasteiger partial charge in [-0.25, -0.2) is 4.57 Å². The van der Waals surface area contributed by atoms with E-state index in [1.165, 1.54) is 89.9 Å². The van der Waals surface area contributed by atoms with Gasteiger partial charge in [0, 0.05) is 12.8 Å². The molecule has 0 fully saturated rings. The second-order valence-corrected chi connectivity index (χ2v) is 16.9. The molecule has 0 saturated carbocycles. The van der Waals surface area contributed by atoms with Crippen LogP contribution in [0.5, 0.6) is 0 Å². The monoisotopic (exact) mass is 841 g/mol. The predicted octanol–water partition coefficient (Wildman–Crippen LogP) is 12.5. The SMILES string of the molecule is CCCCC/C=C\C/C=C\C/C=C\C/C=C\CCCCCCCC(=O)OC[C@H](COP(=O)(O)OC[C@@H](O)CO)OC(=O)CCCCCCCCCCCCCCCC. The smallest absolute Gasteiger partial charge is 0.462 e. The number of carbonyl (C=O) groups is 2. The molecule has 0 rings (SSSR count). The fraction of sp³-hybridized carbons (Fsp3) is 0.787. The second-order valence-electron chi connectivity index (χ2n) is 15.4. The number of hydrogen-bond acceptors (Lipinski definition) is 9. The molecule has 0 spiro atoms. The maximum absolute atomic E-state index is 12.6. The Balaban J connectivity index is 4.27. The fourth-order valence-corrected chi connectivity index (χ4v) is 6.94. The number of phosphoric acid groups is 1. The van der Waals surface area contributed by atoms with Gasteiger partial charge in [-0.2, -0.15) is 0 Å². The van der Waals surface area contributed by atoms with Crippen LogP contribution in [0.25, 0.3) is 0 Å². The van der Waals surface area contributed by atoms with Crippen LogP contribution in [-0.4, -0.2) is 65.7 Å². The van der Waals surface area contributed by atoms with E-state index in [-0.39, 0.29) is 19.4 Å². The molecule has 0 aromatic heterocycles. The van der Waals surface area contributed by atoms with E-state index in [1.54, 1.807) is 0 Å². The lowest BCUT2D eigenvalue weighted by Crippen LogP contribution is -2.29. The topological polar surface area (TPSA) is 149 Å². The van der Waals surface area contributed by atoms with Crippen LogP contribution >= 0.6 is 7.82 Å². The van der Waals surface area contributed by atoms with Crippen molar-refractivity contribution in [2.75, 3.05) is 26.4 Å². The number of unbranched alkanes of at least 4 members (excludes halogenated alkanes) is 21. The number of aliphatic hydroxyl groups excluding tert-OH is 2. The molecule has 58 heavy (non-hydrogen) atoms. The Bertz CT molecular complexity index is 1110. The van der Waals surface area contributed by atoms with Gasteiger partial charge in [0.2, 0.25) is 0 Å². The number of carbonyl (C=O) groups excluding carboxylic acids is 2. The van der Waals surface area contributed by atoms with Gasteiger partial charge in [0.25, 0.3) is 0 Å². The van der Waals surface area contributed by atoms with Gasteiger partial charge in [0.15, 0.2) is 6.10 Å². The van der Waals surface area contributed by atoms with Crippen LogP contribution in [0.1, 0.15) is 200 Å². The molecule has 0 heterocycles. The Morgan fingerprint density at radius 2 is 0.897 bits per heavy atom. The average molecular weight is 841 g/mol. The van der Waals surface area contributed by atoms with Crippen molar-refractivity contribution in [1.29, 1.82) is 0 Å². The van der Waals surface area contributed by atoms with Crippen LogP contribution in [0.2, 0.25) is 0 Å². The van der Waals surface area contributed by atoms with Crippen LogP contribution < -0.4 is 0 Å². The minimum atomic E-state index is -4.62. The van der Waals surface area contributed by atoms with Crippen LogP contribution in [0.15, 0.2) is 48.6 Å². The molecule has 3 atom stereocenters. The molecule has 3 N–H and O–H groups in total. The summed E-state index contributed by atoms with van der Waals surface area (Å²) >= 11 is 0. The summed E-state index contributed by atoms with van der Waals surface area (Å²) in [5.74, 6) is -0.942. The van der Waals surface area contributed by atoms with Crippen molar-refractivity contribution in [2.45, 2.75) is 212 Å². The lowest BCUT2D eigenvalue weighted by Gasteiger charge is -2.20. The highest BCUT2D eigenvalue weighted by atomic mass is 31.2. The highest BCUT2D eigenvalue weighted by molar-refractivity contribution is 7.47. The molecular formula is C47H85O10P. The molecule has 0 aliphatic rings. The highest BCUT2D eigenvalue weighted by Crippen LogP contribution is 2.43. The molecule has 10 nitrogen and oxygen atoms in total. The zero-order valence-electron chi connectivity index (χ0n) is 36.8. The molecule has 1 unspecified atom stereocenters. The quantitative estimate of drug-likeness (QED) is 0.0234. The van der Waals surface area contributed by atoms with Crippen molar-refractivity contribution in [2.24, 2.45) is 0 Å². The standard InChI is InChI=1S/C47H85O10P/c1-3-5-7-9-11-13-15-17-19-20-21-22-23-24-25-27-28-30-32-34-36-38-46(50)54-42-45(43-56-58(52,53)55-41-44(49)40-48)57-47(51)39-37-35-33-31-29-26-18-16-14-12-10-8-6-4-2/h11,13,17,19,21-22,24-25,44-45,48-49H,3-10,12,14-16,18,20,23,26-43H2,1-2H3,(H,52,53)/b13-11-,19-17-,22-21-,25-24-/t44-,45+/m0/s1. The van der Waals surface area contributed by atoms with Crippen LogP contribution in [0.4, 0.5) is 0 Å². The van der Waals surface area contributed by atoms with Crippen molar-refractivity contribution < 1.29 is 47.8 Å². The summed E-state index contributed by atoms with van der Waals surface area (Å²) in [5, 5.41) is 18.3. The number of aliphatic hydroxyl groups is 2. The van der Waals surface area contributed by atoms with Crippen molar-refractivity contribution in [1.82, 2.24) is 0 Å². The van der Waals surface area contributed by atoms with Crippen LogP contribution in [0.3, 0.4) is 0 Å². The first kappa shape index (κ1) is 55.9. The van der Waals surface area contributed by atoms with E-state index in [0.29, 0.717) is 12.8 Å². The van der Waals surface area contributed by atoms with Crippen LogP contribution in [0, 0.1) is 0 Å². The zero-order chi connectivity index (χ0) is 42.6. The van der Waals surface area contributed by atoms with Gasteiger partial charge in [0.1, 0.15) is 12.7 Å². The number of phosphoric ester groups is 1. The van der Waals surface area contributed by atoms with E-state index in [0.717, 1.165) is 70.6 Å². The molecule has 0 bridgehead atoms. The Hall–Kier alpha value is -2.07. The van der Waals surface area contributed by atoms with E-state index in [2.05, 4.69) is 62.5 Å². The molecule has 0 aliphatic carbocycles. The minimum absolute atomic E-state index is 0.181. The number of hydrogen-bond donors (Lipinski definition) is 3. The van der Waals surface area contributed by atoms with Gasteiger partial charge in [-0.3, -0.25) is 18.6 Å². The van der Waals surface area contributed by atoms with Gasteiger partial charge in [-0.15, -0.1) is 0 Å². The van der Waals surface area contributed by atoms with Gasteiger partial charge < -0.3 is 24.6 Å². The van der Waals surface area contributed by atoms with Gasteiger partial charge in [0.05, 0.1) is 19.8 Å². The van der Waals surface area contributed by atoms with Gasteiger partial charge >= 0.3 is 19.8 Å².